The summed E-state index contributed by atoms with van der Waals surface area (Å²) < 4.78 is 14.7. The fourth-order valence-electron chi connectivity index (χ4n) is 1.72. The van der Waals surface area contributed by atoms with Gasteiger partial charge in [0.15, 0.2) is 6.29 Å². The first-order chi connectivity index (χ1) is 9.01. The first-order valence-corrected chi connectivity index (χ1v) is 6.00. The van der Waals surface area contributed by atoms with E-state index >= 15 is 0 Å². The molecule has 0 aromatic heterocycles. The molecule has 1 aliphatic heterocycles. The topological polar surface area (TPSA) is 126 Å². The van der Waals surface area contributed by atoms with Crippen LogP contribution in [0.3, 0.4) is 0 Å². The molecule has 0 aliphatic carbocycles. The van der Waals surface area contributed by atoms with Gasteiger partial charge in [-0.25, -0.2) is 0 Å². The molecule has 19 heavy (non-hydrogen) atoms. The smallest absolute Gasteiger partial charge is 0.305 e. The predicted molar refractivity (Wildman–Crippen MR) is 61.0 cm³/mol. The van der Waals surface area contributed by atoms with Crippen molar-refractivity contribution in [3.63, 3.8) is 0 Å². The second-order valence-electron chi connectivity index (χ2n) is 4.25. The Morgan fingerprint density at radius 2 is 1.89 bits per heavy atom. The van der Waals surface area contributed by atoms with E-state index in [0.29, 0.717) is 6.42 Å². The van der Waals surface area contributed by atoms with E-state index in [1.165, 1.54) is 7.11 Å². The third kappa shape index (κ3) is 4.37. The molecule has 112 valence electrons. The number of rotatable bonds is 6. The van der Waals surface area contributed by atoms with Gasteiger partial charge in [0.25, 0.3) is 0 Å². The lowest BCUT2D eigenvalue weighted by Crippen LogP contribution is -2.59. The van der Waals surface area contributed by atoms with Crippen molar-refractivity contribution in [1.82, 2.24) is 0 Å². The van der Waals surface area contributed by atoms with E-state index in [4.69, 9.17) is 14.6 Å². The fourth-order valence-corrected chi connectivity index (χ4v) is 1.72. The van der Waals surface area contributed by atoms with Gasteiger partial charge < -0.3 is 34.6 Å². The molecule has 0 bridgehead atoms. The van der Waals surface area contributed by atoms with Crippen molar-refractivity contribution in [3.05, 3.63) is 0 Å². The average molecular weight is 280 g/mol. The molecule has 0 saturated carbocycles. The summed E-state index contributed by atoms with van der Waals surface area (Å²) in [7, 11) is 1.28. The molecule has 1 saturated heterocycles. The minimum atomic E-state index is -1.46. The van der Waals surface area contributed by atoms with Crippen molar-refractivity contribution in [1.29, 1.82) is 0 Å². The highest BCUT2D eigenvalue weighted by Gasteiger charge is 2.43. The molecule has 0 spiro atoms. The lowest BCUT2D eigenvalue weighted by atomic mass is 9.99. The highest BCUT2D eigenvalue weighted by atomic mass is 16.7. The van der Waals surface area contributed by atoms with Crippen LogP contribution in [0.5, 0.6) is 0 Å². The second-order valence-corrected chi connectivity index (χ2v) is 4.25. The highest BCUT2D eigenvalue weighted by Crippen LogP contribution is 2.22. The van der Waals surface area contributed by atoms with Crippen LogP contribution in [-0.4, -0.2) is 77.4 Å². The van der Waals surface area contributed by atoms with Gasteiger partial charge in [-0.05, 0) is 6.42 Å². The SMILES string of the molecule is COC(=O)CCCOC1OC(CO)C(O)C(O)C1O. The number of esters is 1. The summed E-state index contributed by atoms with van der Waals surface area (Å²) in [4.78, 5) is 10.9. The van der Waals surface area contributed by atoms with E-state index < -0.39 is 37.3 Å². The van der Waals surface area contributed by atoms with Gasteiger partial charge >= 0.3 is 5.97 Å². The molecule has 1 heterocycles. The zero-order chi connectivity index (χ0) is 14.4. The van der Waals surface area contributed by atoms with Gasteiger partial charge in [0.05, 0.1) is 20.3 Å². The number of carbonyl (C=O) groups is 1. The van der Waals surface area contributed by atoms with Gasteiger partial charge in [0.1, 0.15) is 24.4 Å². The number of hydrogen-bond donors (Lipinski definition) is 4. The number of hydrogen-bond acceptors (Lipinski definition) is 8. The normalized spacial score (nSPS) is 35.1. The molecule has 1 aliphatic rings. The van der Waals surface area contributed by atoms with E-state index in [1.54, 1.807) is 0 Å². The van der Waals surface area contributed by atoms with E-state index in [-0.39, 0.29) is 19.0 Å². The first kappa shape index (κ1) is 16.3. The van der Waals surface area contributed by atoms with Gasteiger partial charge in [-0.2, -0.15) is 0 Å². The molecule has 0 aromatic rings. The monoisotopic (exact) mass is 280 g/mol. The summed E-state index contributed by atoms with van der Waals surface area (Å²) in [6.45, 7) is -0.398. The van der Waals surface area contributed by atoms with Crippen molar-refractivity contribution in [3.8, 4) is 0 Å². The van der Waals surface area contributed by atoms with Gasteiger partial charge in [0, 0.05) is 6.42 Å². The molecule has 5 unspecified atom stereocenters. The summed E-state index contributed by atoms with van der Waals surface area (Å²) in [5, 5.41) is 37.7. The van der Waals surface area contributed by atoms with E-state index in [9.17, 15) is 20.1 Å². The van der Waals surface area contributed by atoms with E-state index in [1.807, 2.05) is 0 Å². The van der Waals surface area contributed by atoms with Gasteiger partial charge in [-0.1, -0.05) is 0 Å². The Kier molecular flexibility index (Phi) is 6.63. The lowest BCUT2D eigenvalue weighted by molar-refractivity contribution is -0.301. The summed E-state index contributed by atoms with van der Waals surface area (Å²) in [6, 6.07) is 0. The molecule has 0 radical (unpaired) electrons. The number of methoxy groups -OCH3 is 1. The maximum atomic E-state index is 10.9. The Bertz CT molecular complexity index is 282. The molecule has 1 fully saturated rings. The lowest BCUT2D eigenvalue weighted by Gasteiger charge is -2.39. The van der Waals surface area contributed by atoms with Crippen LogP contribution in [0.4, 0.5) is 0 Å². The van der Waals surface area contributed by atoms with E-state index in [0.717, 1.165) is 0 Å². The highest BCUT2D eigenvalue weighted by molar-refractivity contribution is 5.68. The fraction of sp³-hybridized carbons (Fsp3) is 0.909. The number of carbonyl (C=O) groups excluding carboxylic acids is 1. The molecule has 8 heteroatoms. The van der Waals surface area contributed by atoms with Crippen LogP contribution in [0.1, 0.15) is 12.8 Å². The zero-order valence-electron chi connectivity index (χ0n) is 10.6. The van der Waals surface area contributed by atoms with E-state index in [2.05, 4.69) is 4.74 Å². The van der Waals surface area contributed by atoms with Crippen LogP contribution in [0.15, 0.2) is 0 Å². The van der Waals surface area contributed by atoms with Gasteiger partial charge in [0.2, 0.25) is 0 Å². The van der Waals surface area contributed by atoms with Crippen molar-refractivity contribution < 1.29 is 39.4 Å². The van der Waals surface area contributed by atoms with Crippen LogP contribution in [0.25, 0.3) is 0 Å². The molecule has 4 N–H and O–H groups in total. The Hall–Kier alpha value is -0.770. The van der Waals surface area contributed by atoms with Crippen molar-refractivity contribution in [2.45, 2.75) is 43.5 Å². The first-order valence-electron chi connectivity index (χ1n) is 6.00. The number of aliphatic hydroxyl groups excluding tert-OH is 4. The quantitative estimate of drug-likeness (QED) is 0.318. The molecular weight excluding hydrogens is 260 g/mol. The average Bonchev–Trinajstić information content (AvgIpc) is 2.42. The molecule has 5 atom stereocenters. The molecule has 0 aromatic carbocycles. The number of ether oxygens (including phenoxy) is 3. The van der Waals surface area contributed by atoms with Crippen LogP contribution in [0, 0.1) is 0 Å². The molecule has 1 rings (SSSR count). The largest absolute Gasteiger partial charge is 0.469 e. The summed E-state index contributed by atoms with van der Waals surface area (Å²) >= 11 is 0. The Morgan fingerprint density at radius 1 is 1.21 bits per heavy atom. The summed E-state index contributed by atoms with van der Waals surface area (Å²) in [6.07, 6.45) is -5.92. The van der Waals surface area contributed by atoms with Crippen LogP contribution in [-0.2, 0) is 19.0 Å². The molecule has 8 nitrogen and oxygen atoms in total. The van der Waals surface area contributed by atoms with Crippen molar-refractivity contribution in [2.24, 2.45) is 0 Å². The third-order valence-electron chi connectivity index (χ3n) is 2.88. The molecular formula is C11H20O8. The van der Waals surface area contributed by atoms with Crippen molar-refractivity contribution >= 4 is 5.97 Å². The predicted octanol–water partition coefficient (Wildman–Crippen LogP) is -2.24. The molecule has 0 amide bonds. The standard InChI is InChI=1S/C11H20O8/c1-17-7(13)3-2-4-18-11-10(16)9(15)8(14)6(5-12)19-11/h6,8-12,14-16H,2-5H2,1H3. The van der Waals surface area contributed by atoms with Crippen LogP contribution >= 0.6 is 0 Å². The van der Waals surface area contributed by atoms with Crippen LogP contribution in [0.2, 0.25) is 0 Å². The maximum absolute atomic E-state index is 10.9. The summed E-state index contributed by atoms with van der Waals surface area (Å²) in [5.41, 5.74) is 0. The maximum Gasteiger partial charge on any atom is 0.305 e. The Balaban J connectivity index is 2.37. The van der Waals surface area contributed by atoms with Crippen LogP contribution < -0.4 is 0 Å². The second kappa shape index (κ2) is 7.73. The third-order valence-corrected chi connectivity index (χ3v) is 2.88. The van der Waals surface area contributed by atoms with Crippen molar-refractivity contribution in [2.75, 3.05) is 20.3 Å². The summed E-state index contributed by atoms with van der Waals surface area (Å²) in [5.74, 6) is -0.377. The van der Waals surface area contributed by atoms with Gasteiger partial charge in [-0.3, -0.25) is 4.79 Å². The Labute approximate surface area is 110 Å². The Morgan fingerprint density at radius 3 is 2.47 bits per heavy atom. The minimum absolute atomic E-state index is 0.109. The zero-order valence-corrected chi connectivity index (χ0v) is 10.6. The minimum Gasteiger partial charge on any atom is -0.469 e. The van der Waals surface area contributed by atoms with Gasteiger partial charge in [-0.15, -0.1) is 0 Å². The number of aliphatic hydroxyl groups is 4.